The van der Waals surface area contributed by atoms with Crippen LogP contribution in [0, 0.1) is 0 Å². The summed E-state index contributed by atoms with van der Waals surface area (Å²) in [4.78, 5) is 12.6. The maximum atomic E-state index is 12.6. The van der Waals surface area contributed by atoms with Gasteiger partial charge in [-0.15, -0.1) is 0 Å². The highest BCUT2D eigenvalue weighted by molar-refractivity contribution is 6.31. The average molecular weight is 346 g/mol. The molecule has 1 amide bonds. The lowest BCUT2D eigenvalue weighted by molar-refractivity contribution is 0.000155. The molecule has 0 aromatic heterocycles. The molecule has 0 atom stereocenters. The fraction of sp³-hybridized carbons (Fsp3) is 0.316. The van der Waals surface area contributed by atoms with Crippen molar-refractivity contribution in [1.29, 1.82) is 0 Å². The van der Waals surface area contributed by atoms with E-state index in [0.717, 1.165) is 12.8 Å². The molecule has 0 fully saturated rings. The summed E-state index contributed by atoms with van der Waals surface area (Å²) < 4.78 is 11.0. The van der Waals surface area contributed by atoms with Gasteiger partial charge in [-0.3, -0.25) is 4.79 Å². The number of carbonyl (C=O) groups is 1. The van der Waals surface area contributed by atoms with E-state index in [9.17, 15) is 4.79 Å². The number of amides is 1. The molecule has 1 aliphatic rings. The molecule has 4 nitrogen and oxygen atoms in total. The minimum atomic E-state index is -0.412. The van der Waals surface area contributed by atoms with Gasteiger partial charge < -0.3 is 14.8 Å². The standard InChI is InChI=1S/C19H20ClNO3/c1-23-17-8-7-15(20)9-16(17)18(22)21-12-19(24-2)10-13-5-3-4-6-14(13)11-19/h3-9H,10-12H2,1-2H3,(H,21,22). The van der Waals surface area contributed by atoms with Crippen LogP contribution in [0.25, 0.3) is 0 Å². The minimum Gasteiger partial charge on any atom is -0.496 e. The molecule has 5 heteroatoms. The molecule has 1 aliphatic carbocycles. The van der Waals surface area contributed by atoms with Crippen LogP contribution in [-0.2, 0) is 17.6 Å². The van der Waals surface area contributed by atoms with E-state index in [0.29, 0.717) is 22.9 Å². The van der Waals surface area contributed by atoms with E-state index in [4.69, 9.17) is 21.1 Å². The van der Waals surface area contributed by atoms with E-state index in [1.165, 1.54) is 18.2 Å². The predicted molar refractivity (Wildman–Crippen MR) is 93.9 cm³/mol. The largest absolute Gasteiger partial charge is 0.496 e. The number of carbonyl (C=O) groups excluding carboxylic acids is 1. The van der Waals surface area contributed by atoms with Crippen molar-refractivity contribution >= 4 is 17.5 Å². The Kier molecular flexibility index (Phi) is 4.78. The smallest absolute Gasteiger partial charge is 0.255 e. The van der Waals surface area contributed by atoms with E-state index >= 15 is 0 Å². The second kappa shape index (κ2) is 6.83. The summed E-state index contributed by atoms with van der Waals surface area (Å²) in [5, 5.41) is 3.46. The Morgan fingerprint density at radius 2 is 1.83 bits per heavy atom. The Morgan fingerprint density at radius 1 is 1.17 bits per heavy atom. The summed E-state index contributed by atoms with van der Waals surface area (Å²) in [5.41, 5.74) is 2.56. The minimum absolute atomic E-state index is 0.221. The Labute approximate surface area is 146 Å². The Balaban J connectivity index is 1.73. The zero-order chi connectivity index (χ0) is 17.2. The van der Waals surface area contributed by atoms with E-state index < -0.39 is 5.60 Å². The third kappa shape index (κ3) is 3.25. The number of hydrogen-bond acceptors (Lipinski definition) is 3. The van der Waals surface area contributed by atoms with Gasteiger partial charge in [0.1, 0.15) is 5.75 Å². The number of benzene rings is 2. The van der Waals surface area contributed by atoms with Crippen molar-refractivity contribution < 1.29 is 14.3 Å². The van der Waals surface area contributed by atoms with Crippen LogP contribution in [0.15, 0.2) is 42.5 Å². The summed E-state index contributed by atoms with van der Waals surface area (Å²) in [6.07, 6.45) is 1.57. The van der Waals surface area contributed by atoms with E-state index in [1.807, 2.05) is 12.1 Å². The number of hydrogen-bond donors (Lipinski definition) is 1. The van der Waals surface area contributed by atoms with Crippen molar-refractivity contribution in [3.63, 3.8) is 0 Å². The average Bonchev–Trinajstić information content (AvgIpc) is 2.99. The van der Waals surface area contributed by atoms with Gasteiger partial charge in [-0.05, 0) is 29.3 Å². The van der Waals surface area contributed by atoms with Crippen LogP contribution in [0.4, 0.5) is 0 Å². The van der Waals surface area contributed by atoms with Crippen LogP contribution in [-0.4, -0.2) is 32.3 Å². The molecule has 126 valence electrons. The molecule has 0 heterocycles. The highest BCUT2D eigenvalue weighted by atomic mass is 35.5. The second-order valence-corrected chi connectivity index (χ2v) is 6.47. The van der Waals surface area contributed by atoms with Crippen LogP contribution in [0.1, 0.15) is 21.5 Å². The molecule has 0 radical (unpaired) electrons. The Bertz CT molecular complexity index is 735. The first kappa shape index (κ1) is 16.8. The molecule has 0 aliphatic heterocycles. The monoisotopic (exact) mass is 345 g/mol. The lowest BCUT2D eigenvalue weighted by Gasteiger charge is -2.28. The Morgan fingerprint density at radius 3 is 2.42 bits per heavy atom. The van der Waals surface area contributed by atoms with Gasteiger partial charge in [0.15, 0.2) is 0 Å². The summed E-state index contributed by atoms with van der Waals surface area (Å²) in [6.45, 7) is 0.423. The maximum Gasteiger partial charge on any atom is 0.255 e. The molecular formula is C19H20ClNO3. The van der Waals surface area contributed by atoms with Crippen molar-refractivity contribution in [2.45, 2.75) is 18.4 Å². The number of methoxy groups -OCH3 is 2. The lowest BCUT2D eigenvalue weighted by Crippen LogP contribution is -2.45. The first-order chi connectivity index (χ1) is 11.6. The van der Waals surface area contributed by atoms with Gasteiger partial charge in [-0.25, -0.2) is 0 Å². The van der Waals surface area contributed by atoms with Gasteiger partial charge >= 0.3 is 0 Å². The zero-order valence-electron chi connectivity index (χ0n) is 13.8. The summed E-state index contributed by atoms with van der Waals surface area (Å²) in [5.74, 6) is 0.278. The lowest BCUT2D eigenvalue weighted by atomic mass is 10.00. The van der Waals surface area contributed by atoms with Gasteiger partial charge in [0.25, 0.3) is 5.91 Å². The molecule has 0 saturated carbocycles. The van der Waals surface area contributed by atoms with Crippen molar-refractivity contribution in [3.05, 3.63) is 64.2 Å². The van der Waals surface area contributed by atoms with Crippen LogP contribution in [0.5, 0.6) is 5.75 Å². The third-order valence-corrected chi connectivity index (χ3v) is 4.79. The van der Waals surface area contributed by atoms with E-state index in [2.05, 4.69) is 17.4 Å². The first-order valence-corrected chi connectivity index (χ1v) is 8.18. The first-order valence-electron chi connectivity index (χ1n) is 7.80. The highest BCUT2D eigenvalue weighted by Crippen LogP contribution is 2.32. The zero-order valence-corrected chi connectivity index (χ0v) is 14.5. The van der Waals surface area contributed by atoms with Crippen LogP contribution in [0.2, 0.25) is 5.02 Å². The second-order valence-electron chi connectivity index (χ2n) is 6.04. The molecule has 1 N–H and O–H groups in total. The van der Waals surface area contributed by atoms with E-state index in [1.54, 1.807) is 25.3 Å². The highest BCUT2D eigenvalue weighted by Gasteiger charge is 2.37. The summed E-state index contributed by atoms with van der Waals surface area (Å²) in [7, 11) is 3.22. The van der Waals surface area contributed by atoms with Crippen LogP contribution >= 0.6 is 11.6 Å². The molecule has 2 aromatic carbocycles. The normalized spacial score (nSPS) is 15.0. The van der Waals surface area contributed by atoms with Crippen LogP contribution < -0.4 is 10.1 Å². The molecule has 24 heavy (non-hydrogen) atoms. The quantitative estimate of drug-likeness (QED) is 0.904. The summed E-state index contributed by atoms with van der Waals surface area (Å²) >= 11 is 6.00. The number of nitrogens with one attached hydrogen (secondary N) is 1. The van der Waals surface area contributed by atoms with Crippen molar-refractivity contribution in [2.75, 3.05) is 20.8 Å². The van der Waals surface area contributed by atoms with E-state index in [-0.39, 0.29) is 5.91 Å². The van der Waals surface area contributed by atoms with Crippen molar-refractivity contribution in [1.82, 2.24) is 5.32 Å². The molecule has 2 aromatic rings. The van der Waals surface area contributed by atoms with Gasteiger partial charge in [0, 0.05) is 31.5 Å². The van der Waals surface area contributed by atoms with Gasteiger partial charge in [-0.1, -0.05) is 35.9 Å². The fourth-order valence-corrected chi connectivity index (χ4v) is 3.37. The fourth-order valence-electron chi connectivity index (χ4n) is 3.19. The Hall–Kier alpha value is -2.04. The summed E-state index contributed by atoms with van der Waals surface area (Å²) in [6, 6.07) is 13.3. The van der Waals surface area contributed by atoms with Gasteiger partial charge in [0.05, 0.1) is 18.3 Å². The number of fused-ring (bicyclic) bond motifs is 1. The molecule has 0 saturated heterocycles. The van der Waals surface area contributed by atoms with Crippen LogP contribution in [0.3, 0.4) is 0 Å². The number of halogens is 1. The predicted octanol–water partition coefficient (Wildman–Crippen LogP) is 3.26. The molecule has 0 spiro atoms. The molecule has 0 bridgehead atoms. The molecular weight excluding hydrogens is 326 g/mol. The van der Waals surface area contributed by atoms with Crippen molar-refractivity contribution in [3.8, 4) is 5.75 Å². The van der Waals surface area contributed by atoms with Crippen molar-refractivity contribution in [2.24, 2.45) is 0 Å². The molecule has 3 rings (SSSR count). The SMILES string of the molecule is COc1ccc(Cl)cc1C(=O)NCC1(OC)Cc2ccccc2C1. The number of ether oxygens (including phenoxy) is 2. The molecule has 0 unspecified atom stereocenters. The van der Waals surface area contributed by atoms with Gasteiger partial charge in [-0.2, -0.15) is 0 Å². The third-order valence-electron chi connectivity index (χ3n) is 4.55. The van der Waals surface area contributed by atoms with Gasteiger partial charge in [0.2, 0.25) is 0 Å². The maximum absolute atomic E-state index is 12.6. The number of rotatable bonds is 5. The topological polar surface area (TPSA) is 47.6 Å².